The molecule has 2 atom stereocenters. The van der Waals surface area contributed by atoms with E-state index in [0.29, 0.717) is 40.9 Å². The van der Waals surface area contributed by atoms with E-state index in [2.05, 4.69) is 0 Å². The summed E-state index contributed by atoms with van der Waals surface area (Å²) >= 11 is 0. The minimum atomic E-state index is 0.0420. The Balaban J connectivity index is 1.56. The lowest BCUT2D eigenvalue weighted by molar-refractivity contribution is 0.168. The average molecular weight is 428 g/mol. The van der Waals surface area contributed by atoms with Crippen LogP contribution >= 0.6 is 0 Å². The first-order valence-corrected chi connectivity index (χ1v) is 10.5. The molecule has 0 saturated heterocycles. The van der Waals surface area contributed by atoms with Crippen molar-refractivity contribution in [3.63, 3.8) is 0 Å². The molecule has 0 bridgehead atoms. The van der Waals surface area contributed by atoms with Crippen molar-refractivity contribution in [1.29, 1.82) is 0 Å². The first-order chi connectivity index (χ1) is 15.1. The highest BCUT2D eigenvalue weighted by Crippen LogP contribution is 2.58. The molecule has 0 radical (unpaired) electrons. The normalized spacial score (nSPS) is 21.4. The number of hydrogen-bond donors (Lipinski definition) is 0. The fraction of sp³-hybridized carbons (Fsp3) is 0.478. The quantitative estimate of drug-likeness (QED) is 0.734. The second kappa shape index (κ2) is 6.67. The molecule has 0 unspecified atom stereocenters. The Bertz CT molecular complexity index is 1010. The van der Waals surface area contributed by atoms with E-state index in [1.165, 1.54) is 0 Å². The van der Waals surface area contributed by atoms with Crippen LogP contribution in [0.2, 0.25) is 0 Å². The van der Waals surface area contributed by atoms with Gasteiger partial charge < -0.3 is 37.9 Å². The van der Waals surface area contributed by atoms with Crippen molar-refractivity contribution in [3.8, 4) is 46.0 Å². The third-order valence-corrected chi connectivity index (χ3v) is 6.26. The summed E-state index contributed by atoms with van der Waals surface area (Å²) in [6, 6.07) is 0. The van der Waals surface area contributed by atoms with Crippen LogP contribution in [0.1, 0.15) is 36.1 Å². The van der Waals surface area contributed by atoms with E-state index in [4.69, 9.17) is 37.9 Å². The summed E-state index contributed by atoms with van der Waals surface area (Å²) in [6.07, 6.45) is 2.19. The summed E-state index contributed by atoms with van der Waals surface area (Å²) in [5, 5.41) is 0. The minimum absolute atomic E-state index is 0.0420. The summed E-state index contributed by atoms with van der Waals surface area (Å²) in [5.41, 5.74) is 4.21. The van der Waals surface area contributed by atoms with Gasteiger partial charge in [0.1, 0.15) is 12.2 Å². The molecule has 0 fully saturated rings. The zero-order valence-corrected chi connectivity index (χ0v) is 18.0. The van der Waals surface area contributed by atoms with Crippen molar-refractivity contribution in [1.82, 2.24) is 0 Å². The first kappa shape index (κ1) is 18.6. The summed E-state index contributed by atoms with van der Waals surface area (Å²) in [6.45, 7) is 4.39. The van der Waals surface area contributed by atoms with Gasteiger partial charge in [-0.25, -0.2) is 0 Å². The first-order valence-electron chi connectivity index (χ1n) is 10.5. The van der Waals surface area contributed by atoms with Gasteiger partial charge in [0.25, 0.3) is 0 Å². The van der Waals surface area contributed by atoms with Crippen LogP contribution in [0.15, 0.2) is 0 Å². The Hall–Kier alpha value is -3.16. The lowest BCUT2D eigenvalue weighted by atomic mass is 9.90. The van der Waals surface area contributed by atoms with Crippen molar-refractivity contribution in [3.05, 3.63) is 22.3 Å². The van der Waals surface area contributed by atoms with Crippen molar-refractivity contribution < 1.29 is 37.9 Å². The SMILES string of the molecule is COc1c2c(c(Cc3c4c(c(OC)c5c3OCO5)O[C@@H](C)C4)c3c1OCO3)C[C@@H](C)O2. The molecule has 0 N–H and O–H groups in total. The Labute approximate surface area is 179 Å². The Morgan fingerprint density at radius 1 is 0.645 bits per heavy atom. The summed E-state index contributed by atoms with van der Waals surface area (Å²) in [5.74, 6) is 5.25. The van der Waals surface area contributed by atoms with Crippen molar-refractivity contribution in [2.45, 2.75) is 45.3 Å². The number of benzene rings is 2. The number of hydrogen-bond acceptors (Lipinski definition) is 8. The van der Waals surface area contributed by atoms with Gasteiger partial charge in [-0.15, -0.1) is 0 Å². The maximum absolute atomic E-state index is 6.11. The standard InChI is InChI=1S/C23H24O8/c1-10-5-12-14(16-22(28-8-26-16)20(24-3)18(12)30-10)7-15-13-6-11(2)31-19(13)21(25-4)23-17(15)27-9-29-23/h10-11H,5-9H2,1-4H3/t10-,11+. The maximum atomic E-state index is 6.11. The average Bonchev–Trinajstić information content (AvgIpc) is 3.52. The van der Waals surface area contributed by atoms with Crippen LogP contribution in [0.4, 0.5) is 0 Å². The molecule has 0 saturated carbocycles. The molecule has 31 heavy (non-hydrogen) atoms. The predicted molar refractivity (Wildman–Crippen MR) is 109 cm³/mol. The Kier molecular flexibility index (Phi) is 4.00. The molecule has 0 aliphatic carbocycles. The number of ether oxygens (including phenoxy) is 8. The smallest absolute Gasteiger partial charge is 0.231 e. The molecule has 2 aromatic rings. The topological polar surface area (TPSA) is 73.8 Å². The summed E-state index contributed by atoms with van der Waals surface area (Å²) < 4.78 is 46.9. The number of methoxy groups -OCH3 is 2. The van der Waals surface area contributed by atoms with Crippen LogP contribution < -0.4 is 37.9 Å². The second-order valence-corrected chi connectivity index (χ2v) is 8.21. The van der Waals surface area contributed by atoms with Gasteiger partial charge in [-0.3, -0.25) is 0 Å². The molecule has 8 heteroatoms. The highest BCUT2D eigenvalue weighted by atomic mass is 16.7. The van der Waals surface area contributed by atoms with Crippen LogP contribution in [-0.4, -0.2) is 40.0 Å². The molecule has 0 amide bonds. The monoisotopic (exact) mass is 428 g/mol. The van der Waals surface area contributed by atoms with Gasteiger partial charge in [-0.05, 0) is 13.8 Å². The molecule has 4 aliphatic rings. The van der Waals surface area contributed by atoms with Gasteiger partial charge in [0.05, 0.1) is 14.2 Å². The molecule has 0 aromatic heterocycles. The lowest BCUT2D eigenvalue weighted by Gasteiger charge is -2.18. The second-order valence-electron chi connectivity index (χ2n) is 8.21. The van der Waals surface area contributed by atoms with Gasteiger partial charge in [-0.2, -0.15) is 0 Å². The van der Waals surface area contributed by atoms with E-state index in [-0.39, 0.29) is 25.8 Å². The Morgan fingerprint density at radius 3 is 1.48 bits per heavy atom. The molecule has 6 rings (SSSR count). The van der Waals surface area contributed by atoms with E-state index >= 15 is 0 Å². The summed E-state index contributed by atoms with van der Waals surface area (Å²) in [4.78, 5) is 0. The fourth-order valence-corrected chi connectivity index (χ4v) is 5.03. The highest BCUT2D eigenvalue weighted by Gasteiger charge is 2.40. The third-order valence-electron chi connectivity index (χ3n) is 6.26. The van der Waals surface area contributed by atoms with E-state index in [0.717, 1.165) is 46.6 Å². The lowest BCUT2D eigenvalue weighted by Crippen LogP contribution is -2.07. The zero-order valence-electron chi connectivity index (χ0n) is 18.0. The van der Waals surface area contributed by atoms with E-state index in [1.807, 2.05) is 13.8 Å². The van der Waals surface area contributed by atoms with Crippen molar-refractivity contribution >= 4 is 0 Å². The molecule has 0 spiro atoms. The van der Waals surface area contributed by atoms with Crippen molar-refractivity contribution in [2.75, 3.05) is 27.8 Å². The molecule has 4 heterocycles. The van der Waals surface area contributed by atoms with Gasteiger partial charge >= 0.3 is 0 Å². The fourth-order valence-electron chi connectivity index (χ4n) is 5.03. The van der Waals surface area contributed by atoms with E-state index in [9.17, 15) is 0 Å². The van der Waals surface area contributed by atoms with Crippen LogP contribution in [0, 0.1) is 0 Å². The van der Waals surface area contributed by atoms with E-state index in [1.54, 1.807) is 14.2 Å². The van der Waals surface area contributed by atoms with Crippen molar-refractivity contribution in [2.24, 2.45) is 0 Å². The van der Waals surface area contributed by atoms with Crippen LogP contribution in [0.3, 0.4) is 0 Å². The minimum Gasteiger partial charge on any atom is -0.490 e. The largest absolute Gasteiger partial charge is 0.490 e. The van der Waals surface area contributed by atoms with Gasteiger partial charge in [-0.1, -0.05) is 0 Å². The zero-order chi connectivity index (χ0) is 21.3. The molecule has 8 nitrogen and oxygen atoms in total. The van der Waals surface area contributed by atoms with Gasteiger partial charge in [0, 0.05) is 41.5 Å². The summed E-state index contributed by atoms with van der Waals surface area (Å²) in [7, 11) is 3.24. The van der Waals surface area contributed by atoms with Gasteiger partial charge in [0.2, 0.25) is 36.6 Å². The number of rotatable bonds is 4. The molecule has 2 aromatic carbocycles. The van der Waals surface area contributed by atoms with Crippen LogP contribution in [0.25, 0.3) is 0 Å². The van der Waals surface area contributed by atoms with Crippen LogP contribution in [-0.2, 0) is 19.3 Å². The molecular weight excluding hydrogens is 404 g/mol. The van der Waals surface area contributed by atoms with Gasteiger partial charge in [0.15, 0.2) is 23.0 Å². The third kappa shape index (κ3) is 2.53. The van der Waals surface area contributed by atoms with E-state index < -0.39 is 0 Å². The molecular formula is C23H24O8. The van der Waals surface area contributed by atoms with Crippen LogP contribution in [0.5, 0.6) is 46.0 Å². The number of fused-ring (bicyclic) bond motifs is 4. The molecule has 4 aliphatic heterocycles. The molecule has 164 valence electrons. The highest BCUT2D eigenvalue weighted by molar-refractivity contribution is 5.73. The Morgan fingerprint density at radius 2 is 1.06 bits per heavy atom. The predicted octanol–water partition coefficient (Wildman–Crippen LogP) is 3.40. The maximum Gasteiger partial charge on any atom is 0.231 e.